The van der Waals surface area contributed by atoms with Gasteiger partial charge in [0.25, 0.3) is 0 Å². The Bertz CT molecular complexity index is 843. The van der Waals surface area contributed by atoms with Crippen molar-refractivity contribution < 1.29 is 13.2 Å². The summed E-state index contributed by atoms with van der Waals surface area (Å²) < 4.78 is 27.6. The second kappa shape index (κ2) is 8.77. The molecule has 0 aliphatic carbocycles. The molecule has 0 aliphatic rings. The van der Waals surface area contributed by atoms with Crippen LogP contribution in [0, 0.1) is 0 Å². The number of carbonyl (C=O) groups excluding carboxylic acids is 1. The molecule has 0 saturated carbocycles. The van der Waals surface area contributed by atoms with Crippen molar-refractivity contribution in [3.05, 3.63) is 52.4 Å². The van der Waals surface area contributed by atoms with Crippen LogP contribution < -0.4 is 15.8 Å². The maximum absolute atomic E-state index is 12.4. The summed E-state index contributed by atoms with van der Waals surface area (Å²) in [5.74, 6) is 0.277. The van der Waals surface area contributed by atoms with Crippen LogP contribution in [0.25, 0.3) is 0 Å². The minimum Gasteiger partial charge on any atom is -0.351 e. The molecule has 2 aromatic rings. The lowest BCUT2D eigenvalue weighted by atomic mass is 9.99. The number of nitrogens with one attached hydrogen (secondary N) is 2. The summed E-state index contributed by atoms with van der Waals surface area (Å²) in [7, 11) is -3.63. The van der Waals surface area contributed by atoms with Crippen LogP contribution in [0.2, 0.25) is 0 Å². The number of hydrogen-bond donors (Lipinski definition) is 3. The van der Waals surface area contributed by atoms with Gasteiger partial charge in [-0.1, -0.05) is 38.1 Å². The number of benzene rings is 1. The lowest BCUT2D eigenvalue weighted by molar-refractivity contribution is -0.119. The zero-order valence-corrected chi connectivity index (χ0v) is 16.8. The Morgan fingerprint density at radius 1 is 1.12 bits per heavy atom. The molecule has 4 N–H and O–H groups in total. The maximum Gasteiger partial charge on any atom is 0.250 e. The fourth-order valence-corrected chi connectivity index (χ4v) is 4.73. The molecular weight excluding hydrogens is 370 g/mol. The van der Waals surface area contributed by atoms with Crippen molar-refractivity contribution in [2.75, 3.05) is 6.54 Å². The summed E-state index contributed by atoms with van der Waals surface area (Å²) in [6.45, 7) is 6.08. The van der Waals surface area contributed by atoms with E-state index in [0.717, 1.165) is 21.8 Å². The van der Waals surface area contributed by atoms with Gasteiger partial charge in [-0.3, -0.25) is 4.79 Å². The molecule has 6 nitrogen and oxygen atoms in total. The fourth-order valence-electron chi connectivity index (χ4n) is 2.33. The molecule has 0 aliphatic heterocycles. The van der Waals surface area contributed by atoms with Gasteiger partial charge in [0.05, 0.1) is 6.54 Å². The molecule has 0 saturated heterocycles. The average molecular weight is 396 g/mol. The molecule has 0 fully saturated rings. The van der Waals surface area contributed by atoms with Crippen molar-refractivity contribution in [3.63, 3.8) is 0 Å². The van der Waals surface area contributed by atoms with Crippen molar-refractivity contribution in [1.29, 1.82) is 0 Å². The van der Waals surface area contributed by atoms with Crippen LogP contribution in [-0.2, 0) is 21.4 Å². The summed E-state index contributed by atoms with van der Waals surface area (Å²) in [6, 6.07) is 10.7. The molecule has 26 heavy (non-hydrogen) atoms. The first-order valence-corrected chi connectivity index (χ1v) is 10.7. The van der Waals surface area contributed by atoms with E-state index in [0.29, 0.717) is 12.5 Å². The third-order valence-corrected chi connectivity index (χ3v) is 6.94. The SMILES string of the molecule is CC(=O)NCc1ccc(S(=O)(=O)NCC(N)c2ccc(C(C)C)cc2)s1. The van der Waals surface area contributed by atoms with Gasteiger partial charge in [-0.2, -0.15) is 0 Å². The number of carbonyl (C=O) groups is 1. The quantitative estimate of drug-likeness (QED) is 0.639. The van der Waals surface area contributed by atoms with Crippen LogP contribution in [-0.4, -0.2) is 20.9 Å². The van der Waals surface area contributed by atoms with Crippen LogP contribution in [0.5, 0.6) is 0 Å². The Balaban J connectivity index is 1.97. The number of nitrogens with two attached hydrogens (primary N) is 1. The molecule has 1 atom stereocenters. The predicted octanol–water partition coefficient (Wildman–Crippen LogP) is 2.49. The molecule has 0 radical (unpaired) electrons. The van der Waals surface area contributed by atoms with E-state index in [1.165, 1.54) is 18.6 Å². The zero-order chi connectivity index (χ0) is 19.3. The molecule has 1 heterocycles. The standard InChI is InChI=1S/C18H25N3O3S2/c1-12(2)14-4-6-15(7-5-14)17(19)11-21-26(23,24)18-9-8-16(25-18)10-20-13(3)22/h4-9,12,17,21H,10-11,19H2,1-3H3,(H,20,22). The van der Waals surface area contributed by atoms with E-state index in [4.69, 9.17) is 5.73 Å². The fraction of sp³-hybridized carbons (Fsp3) is 0.389. The molecule has 0 bridgehead atoms. The minimum atomic E-state index is -3.63. The maximum atomic E-state index is 12.4. The molecule has 1 aromatic heterocycles. The lowest BCUT2D eigenvalue weighted by Gasteiger charge is -2.14. The predicted molar refractivity (Wildman–Crippen MR) is 104 cm³/mol. The van der Waals surface area contributed by atoms with E-state index in [2.05, 4.69) is 23.9 Å². The van der Waals surface area contributed by atoms with E-state index < -0.39 is 16.1 Å². The molecule has 1 aromatic carbocycles. The Hall–Kier alpha value is -1.74. The summed E-state index contributed by atoms with van der Waals surface area (Å²) in [4.78, 5) is 11.7. The highest BCUT2D eigenvalue weighted by Gasteiger charge is 2.18. The van der Waals surface area contributed by atoms with E-state index in [1.54, 1.807) is 6.07 Å². The highest BCUT2D eigenvalue weighted by molar-refractivity contribution is 7.91. The Labute approximate surface area is 158 Å². The summed E-state index contributed by atoms with van der Waals surface area (Å²) in [5.41, 5.74) is 8.22. The largest absolute Gasteiger partial charge is 0.351 e. The van der Waals surface area contributed by atoms with Gasteiger partial charge < -0.3 is 11.1 Å². The first-order chi connectivity index (χ1) is 12.2. The van der Waals surface area contributed by atoms with Crippen LogP contribution >= 0.6 is 11.3 Å². The van der Waals surface area contributed by atoms with E-state index in [1.807, 2.05) is 24.3 Å². The molecule has 1 unspecified atom stereocenters. The molecule has 142 valence electrons. The summed E-state index contributed by atoms with van der Waals surface area (Å²) in [5, 5.41) is 2.65. The highest BCUT2D eigenvalue weighted by Crippen LogP contribution is 2.22. The van der Waals surface area contributed by atoms with Crippen LogP contribution in [0.15, 0.2) is 40.6 Å². The van der Waals surface area contributed by atoms with Gasteiger partial charge in [-0.25, -0.2) is 13.1 Å². The average Bonchev–Trinajstić information content (AvgIpc) is 3.08. The smallest absolute Gasteiger partial charge is 0.250 e. The van der Waals surface area contributed by atoms with E-state index in [9.17, 15) is 13.2 Å². The first kappa shape index (κ1) is 20.6. The van der Waals surface area contributed by atoms with E-state index >= 15 is 0 Å². The van der Waals surface area contributed by atoms with E-state index in [-0.39, 0.29) is 16.7 Å². The molecule has 2 rings (SSSR count). The van der Waals surface area contributed by atoms with Gasteiger partial charge in [-0.05, 0) is 29.2 Å². The Morgan fingerprint density at radius 2 is 1.73 bits per heavy atom. The normalized spacial score (nSPS) is 13.0. The number of rotatable bonds is 8. The van der Waals surface area contributed by atoms with Gasteiger partial charge in [0.2, 0.25) is 15.9 Å². The molecule has 1 amide bonds. The number of amides is 1. The van der Waals surface area contributed by atoms with Gasteiger partial charge in [-0.15, -0.1) is 11.3 Å². The topological polar surface area (TPSA) is 101 Å². The Kier molecular flexibility index (Phi) is 6.94. The third-order valence-electron chi connectivity index (χ3n) is 3.94. The third kappa shape index (κ3) is 5.63. The number of sulfonamides is 1. The van der Waals surface area contributed by atoms with Crippen molar-refractivity contribution in [2.45, 2.75) is 43.5 Å². The molecule has 8 heteroatoms. The monoisotopic (exact) mass is 395 g/mol. The Morgan fingerprint density at radius 3 is 2.31 bits per heavy atom. The number of thiophene rings is 1. The van der Waals surface area contributed by atoms with Crippen molar-refractivity contribution in [2.24, 2.45) is 5.73 Å². The van der Waals surface area contributed by atoms with Crippen molar-refractivity contribution in [1.82, 2.24) is 10.0 Å². The van der Waals surface area contributed by atoms with Gasteiger partial charge in [0, 0.05) is 24.4 Å². The second-order valence-corrected chi connectivity index (χ2v) is 9.57. The minimum absolute atomic E-state index is 0.113. The molecular formula is C18H25N3O3S2. The van der Waals surface area contributed by atoms with Crippen LogP contribution in [0.1, 0.15) is 48.7 Å². The van der Waals surface area contributed by atoms with Crippen molar-refractivity contribution >= 4 is 27.3 Å². The van der Waals surface area contributed by atoms with Crippen LogP contribution in [0.3, 0.4) is 0 Å². The first-order valence-electron chi connectivity index (χ1n) is 8.37. The van der Waals surface area contributed by atoms with Gasteiger partial charge in [0.1, 0.15) is 4.21 Å². The van der Waals surface area contributed by atoms with Gasteiger partial charge in [0.15, 0.2) is 0 Å². The highest BCUT2D eigenvalue weighted by atomic mass is 32.2. The number of hydrogen-bond acceptors (Lipinski definition) is 5. The summed E-state index contributed by atoms with van der Waals surface area (Å²) >= 11 is 1.13. The molecule has 0 spiro atoms. The zero-order valence-electron chi connectivity index (χ0n) is 15.2. The summed E-state index contributed by atoms with van der Waals surface area (Å²) in [6.07, 6.45) is 0. The van der Waals surface area contributed by atoms with Crippen LogP contribution in [0.4, 0.5) is 0 Å². The van der Waals surface area contributed by atoms with Gasteiger partial charge >= 0.3 is 0 Å². The second-order valence-electron chi connectivity index (χ2n) is 6.41. The van der Waals surface area contributed by atoms with Crippen molar-refractivity contribution in [3.8, 4) is 0 Å². The lowest BCUT2D eigenvalue weighted by Crippen LogP contribution is -2.31.